The quantitative estimate of drug-likeness (QED) is 0.0261. The van der Waals surface area contributed by atoms with Crippen LogP contribution in [-0.4, -0.2) is 87.5 Å². The highest BCUT2D eigenvalue weighted by atomic mass is 16.7. The number of unbranched alkanes of at least 4 members (excludes halogenated alkanes) is 31. The van der Waals surface area contributed by atoms with Gasteiger partial charge in [-0.1, -0.05) is 235 Å². The molecule has 0 radical (unpaired) electrons. The van der Waals surface area contributed by atoms with E-state index < -0.39 is 49.5 Å². The van der Waals surface area contributed by atoms with Crippen molar-refractivity contribution >= 4 is 5.91 Å². The Morgan fingerprint density at radius 2 is 0.870 bits per heavy atom. The minimum absolute atomic E-state index is 0.199. The molecule has 1 aliphatic rings. The highest BCUT2D eigenvalue weighted by Crippen LogP contribution is 2.23. The van der Waals surface area contributed by atoms with E-state index in [1.54, 1.807) is 6.08 Å². The van der Waals surface area contributed by atoms with E-state index >= 15 is 0 Å². The second-order valence-corrected chi connectivity index (χ2v) is 20.1. The van der Waals surface area contributed by atoms with Crippen LogP contribution >= 0.6 is 0 Å². The number of nitrogens with one attached hydrogen (secondary N) is 1. The Hall–Kier alpha value is -2.11. The summed E-state index contributed by atoms with van der Waals surface area (Å²) >= 11 is 0. The van der Waals surface area contributed by atoms with Crippen LogP contribution in [0, 0.1) is 0 Å². The van der Waals surface area contributed by atoms with Gasteiger partial charge in [-0.3, -0.25) is 4.79 Å². The zero-order chi connectivity index (χ0) is 50.1. The molecule has 7 unspecified atom stereocenters. The molecule has 1 heterocycles. The maximum atomic E-state index is 13.0. The second-order valence-electron chi connectivity index (χ2n) is 20.1. The SMILES string of the molecule is CCCCC/C=C\C/C=C\CCCCCCCCCC(=O)NC(COC1OC(CO)C(O)C(O)C1O)C(O)/C=C/CC/C=C/CC/C=C/CCCCCCCCCCCCCCCCCCCCC. The summed E-state index contributed by atoms with van der Waals surface area (Å²) in [6, 6.07) is -0.835. The molecular formula is C60H109NO8. The standard InChI is InChI=1S/C60H109NO8/c1-3-5-7-9-11-13-15-17-19-21-22-23-24-25-26-27-28-29-30-31-32-34-35-37-39-41-43-45-47-49-54(63)53(52-68-60-59(67)58(66)57(65)55(51-62)69-60)61-56(64)50-48-46-44-42-40-38-36-33-20-18-16-14-12-10-8-6-4-2/h12,14,18,20,32,34,39,41,47,49,53-55,57-60,62-63,65-67H,3-11,13,15-17,19,21-31,33,35-38,40,42-46,48,50-52H2,1-2H3,(H,61,64)/b14-12-,20-18-,34-32+,41-39+,49-47+. The molecule has 6 N–H and O–H groups in total. The molecule has 0 saturated carbocycles. The number of rotatable bonds is 49. The number of hydrogen-bond acceptors (Lipinski definition) is 8. The topological polar surface area (TPSA) is 149 Å². The second kappa shape index (κ2) is 49.5. The summed E-state index contributed by atoms with van der Waals surface area (Å²) in [6.45, 7) is 3.74. The molecule has 1 saturated heterocycles. The van der Waals surface area contributed by atoms with Crippen LogP contribution in [0.25, 0.3) is 0 Å². The third kappa shape index (κ3) is 39.1. The zero-order valence-electron chi connectivity index (χ0n) is 44.6. The summed E-state index contributed by atoms with van der Waals surface area (Å²) in [5.41, 5.74) is 0. The first kappa shape index (κ1) is 64.9. The van der Waals surface area contributed by atoms with Gasteiger partial charge in [0.25, 0.3) is 0 Å². The van der Waals surface area contributed by atoms with Gasteiger partial charge in [0.1, 0.15) is 24.4 Å². The van der Waals surface area contributed by atoms with Crippen LogP contribution in [-0.2, 0) is 14.3 Å². The van der Waals surface area contributed by atoms with Gasteiger partial charge in [-0.2, -0.15) is 0 Å². The summed E-state index contributed by atoms with van der Waals surface area (Å²) in [5.74, 6) is -0.199. The van der Waals surface area contributed by atoms with Crippen molar-refractivity contribution in [3.63, 3.8) is 0 Å². The lowest BCUT2D eigenvalue weighted by atomic mass is 9.99. The Morgan fingerprint density at radius 1 is 0.493 bits per heavy atom. The first-order valence-corrected chi connectivity index (χ1v) is 29.0. The average Bonchev–Trinajstić information content (AvgIpc) is 3.35. The van der Waals surface area contributed by atoms with Gasteiger partial charge in [0, 0.05) is 6.42 Å². The van der Waals surface area contributed by atoms with Crippen LogP contribution in [0.5, 0.6) is 0 Å². The predicted octanol–water partition coefficient (Wildman–Crippen LogP) is 14.3. The van der Waals surface area contributed by atoms with E-state index in [9.17, 15) is 30.3 Å². The number of aliphatic hydroxyl groups excluding tert-OH is 5. The lowest BCUT2D eigenvalue weighted by Crippen LogP contribution is -2.60. The average molecular weight is 973 g/mol. The number of hydrogen-bond donors (Lipinski definition) is 6. The van der Waals surface area contributed by atoms with Crippen LogP contribution < -0.4 is 5.32 Å². The summed E-state index contributed by atoms with van der Waals surface area (Å²) in [6.07, 6.45) is 60.1. The van der Waals surface area contributed by atoms with E-state index in [2.05, 4.69) is 67.8 Å². The minimum atomic E-state index is -1.58. The van der Waals surface area contributed by atoms with Crippen molar-refractivity contribution in [3.05, 3.63) is 60.8 Å². The van der Waals surface area contributed by atoms with Gasteiger partial charge in [0.2, 0.25) is 5.91 Å². The Labute approximate surface area is 424 Å². The maximum absolute atomic E-state index is 13.0. The molecule has 402 valence electrons. The molecular weight excluding hydrogens is 863 g/mol. The zero-order valence-corrected chi connectivity index (χ0v) is 44.6. The fourth-order valence-corrected chi connectivity index (χ4v) is 8.93. The van der Waals surface area contributed by atoms with Gasteiger partial charge in [-0.05, 0) is 77.0 Å². The Bertz CT molecular complexity index is 1270. The van der Waals surface area contributed by atoms with E-state index in [1.165, 1.54) is 173 Å². The molecule has 9 heteroatoms. The minimum Gasteiger partial charge on any atom is -0.394 e. The fourth-order valence-electron chi connectivity index (χ4n) is 8.93. The highest BCUT2D eigenvalue weighted by molar-refractivity contribution is 5.76. The Balaban J connectivity index is 2.25. The lowest BCUT2D eigenvalue weighted by Gasteiger charge is -2.40. The van der Waals surface area contributed by atoms with Crippen LogP contribution in [0.2, 0.25) is 0 Å². The lowest BCUT2D eigenvalue weighted by molar-refractivity contribution is -0.302. The van der Waals surface area contributed by atoms with Crippen LogP contribution in [0.15, 0.2) is 60.8 Å². The van der Waals surface area contributed by atoms with Gasteiger partial charge in [-0.25, -0.2) is 0 Å². The molecule has 0 aromatic carbocycles. The number of aliphatic hydroxyl groups is 5. The number of ether oxygens (including phenoxy) is 2. The molecule has 0 aromatic rings. The molecule has 0 spiro atoms. The molecule has 1 aliphatic heterocycles. The molecule has 0 aliphatic carbocycles. The number of allylic oxidation sites excluding steroid dienone is 9. The van der Waals surface area contributed by atoms with Gasteiger partial charge in [0.15, 0.2) is 6.29 Å². The smallest absolute Gasteiger partial charge is 0.220 e. The van der Waals surface area contributed by atoms with Crippen molar-refractivity contribution in [2.75, 3.05) is 13.2 Å². The highest BCUT2D eigenvalue weighted by Gasteiger charge is 2.44. The van der Waals surface area contributed by atoms with Crippen LogP contribution in [0.4, 0.5) is 0 Å². The largest absolute Gasteiger partial charge is 0.394 e. The van der Waals surface area contributed by atoms with Gasteiger partial charge in [0.05, 0.1) is 25.4 Å². The summed E-state index contributed by atoms with van der Waals surface area (Å²) in [4.78, 5) is 13.0. The number of carbonyl (C=O) groups excluding carboxylic acids is 1. The first-order chi connectivity index (χ1) is 33.8. The molecule has 9 nitrogen and oxygen atoms in total. The van der Waals surface area contributed by atoms with Crippen LogP contribution in [0.3, 0.4) is 0 Å². The van der Waals surface area contributed by atoms with Crippen molar-refractivity contribution in [1.29, 1.82) is 0 Å². The van der Waals surface area contributed by atoms with Gasteiger partial charge < -0.3 is 40.3 Å². The molecule has 1 rings (SSSR count). The number of carbonyl (C=O) groups is 1. The molecule has 1 amide bonds. The summed E-state index contributed by atoms with van der Waals surface area (Å²) < 4.78 is 11.2. The van der Waals surface area contributed by atoms with E-state index in [1.807, 2.05) is 6.08 Å². The third-order valence-electron chi connectivity index (χ3n) is 13.5. The van der Waals surface area contributed by atoms with Gasteiger partial charge in [-0.15, -0.1) is 0 Å². The van der Waals surface area contributed by atoms with E-state index in [0.29, 0.717) is 6.42 Å². The molecule has 7 atom stereocenters. The molecule has 1 fully saturated rings. The van der Waals surface area contributed by atoms with E-state index in [0.717, 1.165) is 64.2 Å². The van der Waals surface area contributed by atoms with Gasteiger partial charge >= 0.3 is 0 Å². The molecule has 0 aromatic heterocycles. The van der Waals surface area contributed by atoms with E-state index in [4.69, 9.17) is 9.47 Å². The monoisotopic (exact) mass is 972 g/mol. The van der Waals surface area contributed by atoms with Crippen molar-refractivity contribution in [3.8, 4) is 0 Å². The van der Waals surface area contributed by atoms with Crippen molar-refractivity contribution in [2.45, 2.75) is 301 Å². The Kier molecular flexibility index (Phi) is 46.5. The normalized spacial score (nSPS) is 19.9. The van der Waals surface area contributed by atoms with Crippen molar-refractivity contribution < 1.29 is 39.8 Å². The van der Waals surface area contributed by atoms with Crippen molar-refractivity contribution in [2.24, 2.45) is 0 Å². The Morgan fingerprint density at radius 3 is 1.33 bits per heavy atom. The molecule has 69 heavy (non-hydrogen) atoms. The third-order valence-corrected chi connectivity index (χ3v) is 13.5. The van der Waals surface area contributed by atoms with E-state index in [-0.39, 0.29) is 12.5 Å². The summed E-state index contributed by atoms with van der Waals surface area (Å²) in [5, 5.41) is 54.4. The molecule has 0 bridgehead atoms. The summed E-state index contributed by atoms with van der Waals surface area (Å²) in [7, 11) is 0. The fraction of sp³-hybridized carbons (Fsp3) is 0.817. The number of amides is 1. The van der Waals surface area contributed by atoms with Crippen molar-refractivity contribution in [1.82, 2.24) is 5.32 Å². The predicted molar refractivity (Wildman–Crippen MR) is 290 cm³/mol. The first-order valence-electron chi connectivity index (χ1n) is 29.0. The van der Waals surface area contributed by atoms with Crippen LogP contribution in [0.1, 0.15) is 258 Å². The maximum Gasteiger partial charge on any atom is 0.220 e.